The van der Waals surface area contributed by atoms with Gasteiger partial charge in [-0.2, -0.15) is 0 Å². The first-order valence-corrected chi connectivity index (χ1v) is 6.32. The zero-order chi connectivity index (χ0) is 15.4. The summed E-state index contributed by atoms with van der Waals surface area (Å²) in [4.78, 5) is 26.2. The summed E-state index contributed by atoms with van der Waals surface area (Å²) >= 11 is 0. The molecule has 6 nitrogen and oxygen atoms in total. The van der Waals surface area contributed by atoms with Gasteiger partial charge in [-0.05, 0) is 34.5 Å². The van der Waals surface area contributed by atoms with E-state index in [9.17, 15) is 14.9 Å². The van der Waals surface area contributed by atoms with Gasteiger partial charge in [0.15, 0.2) is 12.4 Å². The van der Waals surface area contributed by atoms with Crippen LogP contribution in [0.15, 0.2) is 36.4 Å². The maximum Gasteiger partial charge on any atom is 0.406 e. The third kappa shape index (κ3) is 3.42. The molecular weight excluding hydrogens is 272 g/mol. The minimum absolute atomic E-state index is 0.00691. The molecule has 2 rings (SSSR count). The van der Waals surface area contributed by atoms with Gasteiger partial charge in [-0.1, -0.05) is 24.3 Å². The second-order valence-electron chi connectivity index (χ2n) is 4.56. The van der Waals surface area contributed by atoms with Crippen LogP contribution < -0.4 is 4.74 Å². The number of hydrogen-bond donors (Lipinski definition) is 0. The molecule has 108 valence electrons. The van der Waals surface area contributed by atoms with Crippen LogP contribution in [0.5, 0.6) is 5.75 Å². The van der Waals surface area contributed by atoms with Gasteiger partial charge in [0.05, 0.1) is 0 Å². The fourth-order valence-electron chi connectivity index (χ4n) is 1.88. The van der Waals surface area contributed by atoms with Crippen molar-refractivity contribution in [1.82, 2.24) is 4.98 Å². The van der Waals surface area contributed by atoms with Gasteiger partial charge < -0.3 is 14.9 Å². The molecule has 0 saturated heterocycles. The lowest BCUT2D eigenvalue weighted by Crippen LogP contribution is -2.13. The van der Waals surface area contributed by atoms with E-state index in [1.54, 1.807) is 25.1 Å². The second kappa shape index (κ2) is 6.13. The number of aryl methyl sites for hydroxylation is 2. The molecule has 21 heavy (non-hydrogen) atoms. The highest BCUT2D eigenvalue weighted by atomic mass is 16.6. The number of pyridine rings is 1. The molecule has 0 radical (unpaired) electrons. The van der Waals surface area contributed by atoms with Crippen molar-refractivity contribution in [3.63, 3.8) is 0 Å². The summed E-state index contributed by atoms with van der Waals surface area (Å²) in [7, 11) is 0. The molecular formula is C15H14N2O4. The number of Topliss-reactive ketones (excluding diaryl/α,β-unsaturated/α-hetero) is 1. The summed E-state index contributed by atoms with van der Waals surface area (Å²) in [5.74, 6) is -0.622. The number of aromatic nitrogens is 1. The molecule has 0 unspecified atom stereocenters. The largest absolute Gasteiger partial charge is 0.477 e. The highest BCUT2D eigenvalue weighted by Gasteiger charge is 2.19. The Hall–Kier alpha value is -2.76. The second-order valence-corrected chi connectivity index (χ2v) is 4.56. The van der Waals surface area contributed by atoms with E-state index in [1.165, 1.54) is 6.07 Å². The van der Waals surface area contributed by atoms with Crippen LogP contribution in [0.25, 0.3) is 0 Å². The van der Waals surface area contributed by atoms with Crippen LogP contribution >= 0.6 is 0 Å². The number of ether oxygens (including phenoxy) is 1. The smallest absolute Gasteiger partial charge is 0.406 e. The fourth-order valence-corrected chi connectivity index (χ4v) is 1.88. The SMILES string of the molecule is Cc1ccc(OCC(=O)c2ccccc2C)c([N+](=O)[O-])n1. The van der Waals surface area contributed by atoms with E-state index in [-0.39, 0.29) is 24.0 Å². The topological polar surface area (TPSA) is 82.3 Å². The first kappa shape index (κ1) is 14.6. The van der Waals surface area contributed by atoms with Crippen LogP contribution in [0, 0.1) is 24.0 Å². The van der Waals surface area contributed by atoms with Crippen molar-refractivity contribution < 1.29 is 14.5 Å². The Morgan fingerprint density at radius 3 is 2.62 bits per heavy atom. The number of ketones is 1. The summed E-state index contributed by atoms with van der Waals surface area (Å²) in [5.41, 5.74) is 1.89. The average molecular weight is 286 g/mol. The zero-order valence-electron chi connectivity index (χ0n) is 11.7. The Morgan fingerprint density at radius 2 is 1.95 bits per heavy atom. The lowest BCUT2D eigenvalue weighted by atomic mass is 10.1. The lowest BCUT2D eigenvalue weighted by Gasteiger charge is -2.07. The average Bonchev–Trinajstić information content (AvgIpc) is 2.46. The summed E-state index contributed by atoms with van der Waals surface area (Å²) in [6, 6.07) is 10.2. The molecule has 0 aliphatic carbocycles. The Morgan fingerprint density at radius 1 is 1.24 bits per heavy atom. The highest BCUT2D eigenvalue weighted by molar-refractivity contribution is 5.98. The van der Waals surface area contributed by atoms with Crippen LogP contribution in [-0.4, -0.2) is 22.3 Å². The molecule has 0 N–H and O–H groups in total. The molecule has 0 spiro atoms. The molecule has 1 aromatic heterocycles. The normalized spacial score (nSPS) is 10.2. The molecule has 0 aliphatic heterocycles. The van der Waals surface area contributed by atoms with Crippen molar-refractivity contribution in [2.75, 3.05) is 6.61 Å². The van der Waals surface area contributed by atoms with E-state index in [4.69, 9.17) is 4.74 Å². The highest BCUT2D eigenvalue weighted by Crippen LogP contribution is 2.24. The standard InChI is InChI=1S/C15H14N2O4/c1-10-5-3-4-6-12(10)13(18)9-21-14-8-7-11(2)16-15(14)17(19)20/h3-8H,9H2,1-2H3. The predicted molar refractivity (Wildman–Crippen MR) is 76.6 cm³/mol. The molecule has 6 heteroatoms. The summed E-state index contributed by atoms with van der Waals surface area (Å²) in [6.07, 6.45) is 0. The molecule has 0 saturated carbocycles. The van der Waals surface area contributed by atoms with Crippen molar-refractivity contribution >= 4 is 11.6 Å². The number of carbonyl (C=O) groups excluding carboxylic acids is 1. The van der Waals surface area contributed by atoms with Crippen molar-refractivity contribution in [1.29, 1.82) is 0 Å². The molecule has 1 aromatic carbocycles. The van der Waals surface area contributed by atoms with Crippen LogP contribution in [0.2, 0.25) is 0 Å². The Balaban J connectivity index is 2.15. The fraction of sp³-hybridized carbons (Fsp3) is 0.200. The number of carbonyl (C=O) groups is 1. The van der Waals surface area contributed by atoms with Gasteiger partial charge >= 0.3 is 5.82 Å². The van der Waals surface area contributed by atoms with Gasteiger partial charge in [-0.15, -0.1) is 0 Å². The van der Waals surface area contributed by atoms with E-state index in [2.05, 4.69) is 4.98 Å². The first-order valence-electron chi connectivity index (χ1n) is 6.32. The molecule has 0 bridgehead atoms. The lowest BCUT2D eigenvalue weighted by molar-refractivity contribution is -0.390. The Bertz CT molecular complexity index is 698. The van der Waals surface area contributed by atoms with Gasteiger partial charge in [0.1, 0.15) is 5.69 Å². The van der Waals surface area contributed by atoms with Crippen LogP contribution in [0.4, 0.5) is 5.82 Å². The van der Waals surface area contributed by atoms with Gasteiger partial charge in [0, 0.05) is 12.5 Å². The first-order chi connectivity index (χ1) is 9.99. The predicted octanol–water partition coefficient (Wildman–Crippen LogP) is 2.87. The summed E-state index contributed by atoms with van der Waals surface area (Å²) in [5, 5.41) is 10.9. The van der Waals surface area contributed by atoms with E-state index >= 15 is 0 Å². The molecule has 0 aliphatic rings. The number of rotatable bonds is 5. The summed E-state index contributed by atoms with van der Waals surface area (Å²) < 4.78 is 5.27. The van der Waals surface area contributed by atoms with Crippen LogP contribution in [0.3, 0.4) is 0 Å². The van der Waals surface area contributed by atoms with Crippen molar-refractivity contribution in [3.8, 4) is 5.75 Å². The van der Waals surface area contributed by atoms with Crippen molar-refractivity contribution in [2.24, 2.45) is 0 Å². The number of benzene rings is 1. The number of hydrogen-bond acceptors (Lipinski definition) is 5. The van der Waals surface area contributed by atoms with Crippen molar-refractivity contribution in [3.05, 3.63) is 63.3 Å². The molecule has 0 atom stereocenters. The molecule has 2 aromatic rings. The van der Waals surface area contributed by atoms with E-state index < -0.39 is 4.92 Å². The zero-order valence-corrected chi connectivity index (χ0v) is 11.7. The minimum Gasteiger partial charge on any atom is -0.477 e. The maximum atomic E-state index is 12.1. The molecule has 0 fully saturated rings. The third-order valence-electron chi connectivity index (χ3n) is 2.96. The van der Waals surface area contributed by atoms with E-state index in [0.717, 1.165) is 5.56 Å². The van der Waals surface area contributed by atoms with Crippen molar-refractivity contribution in [2.45, 2.75) is 13.8 Å². The van der Waals surface area contributed by atoms with Crippen LogP contribution in [0.1, 0.15) is 21.6 Å². The summed E-state index contributed by atoms with van der Waals surface area (Å²) in [6.45, 7) is 3.20. The van der Waals surface area contributed by atoms with E-state index in [0.29, 0.717) is 11.3 Å². The maximum absolute atomic E-state index is 12.1. The van der Waals surface area contributed by atoms with Gasteiger partial charge in [-0.25, -0.2) is 0 Å². The third-order valence-corrected chi connectivity index (χ3v) is 2.96. The van der Waals surface area contributed by atoms with Crippen LogP contribution in [-0.2, 0) is 0 Å². The quantitative estimate of drug-likeness (QED) is 0.479. The molecule has 1 heterocycles. The number of nitro groups is 1. The Kier molecular flexibility index (Phi) is 4.27. The Labute approximate surface area is 121 Å². The van der Waals surface area contributed by atoms with Gasteiger partial charge in [-0.3, -0.25) is 4.79 Å². The minimum atomic E-state index is -0.624. The monoisotopic (exact) mass is 286 g/mol. The van der Waals surface area contributed by atoms with Gasteiger partial charge in [0.25, 0.3) is 0 Å². The molecule has 0 amide bonds. The number of nitrogens with zero attached hydrogens (tertiary/aromatic N) is 2. The van der Waals surface area contributed by atoms with E-state index in [1.807, 2.05) is 19.1 Å². The van der Waals surface area contributed by atoms with Gasteiger partial charge in [0.2, 0.25) is 5.75 Å².